The Kier molecular flexibility index (Phi) is 4.33. The van der Waals surface area contributed by atoms with Crippen LogP contribution in [0.1, 0.15) is 5.56 Å². The van der Waals surface area contributed by atoms with Crippen LogP contribution in [-0.2, 0) is 10.8 Å². The van der Waals surface area contributed by atoms with E-state index in [0.29, 0.717) is 5.76 Å². The summed E-state index contributed by atoms with van der Waals surface area (Å²) in [5.74, 6) is 0.447. The smallest absolute Gasteiger partial charge is 0.243 e. The lowest BCUT2D eigenvalue weighted by atomic mass is 10.1. The highest BCUT2D eigenvalue weighted by Gasteiger charge is 2.17. The van der Waals surface area contributed by atoms with Crippen molar-refractivity contribution in [3.05, 3.63) is 47.7 Å². The minimum absolute atomic E-state index is 0.447. The van der Waals surface area contributed by atoms with Gasteiger partial charge in [0.2, 0.25) is 8.32 Å². The van der Waals surface area contributed by atoms with E-state index in [0.717, 1.165) is 6.42 Å². The third-order valence-corrected chi connectivity index (χ3v) is 2.72. The van der Waals surface area contributed by atoms with E-state index in [2.05, 4.69) is 25.7 Å². The lowest BCUT2D eigenvalue weighted by Gasteiger charge is -2.17. The Balaban J connectivity index is 2.65. The highest BCUT2D eigenvalue weighted by Crippen LogP contribution is 2.11. The van der Waals surface area contributed by atoms with E-state index in [1.807, 2.05) is 36.4 Å². The molecule has 1 aromatic rings. The lowest BCUT2D eigenvalue weighted by molar-refractivity contribution is 0.443. The number of hydrogen-bond donors (Lipinski definition) is 0. The number of allylic oxidation sites excluding steroid dienone is 2. The molecule has 0 fully saturated rings. The van der Waals surface area contributed by atoms with Gasteiger partial charge < -0.3 is 4.43 Å². The second-order valence-electron chi connectivity index (χ2n) is 4.58. The van der Waals surface area contributed by atoms with Gasteiger partial charge in [-0.1, -0.05) is 30.3 Å². The first-order valence-corrected chi connectivity index (χ1v) is 8.75. The van der Waals surface area contributed by atoms with Crippen LogP contribution in [0.4, 0.5) is 0 Å². The van der Waals surface area contributed by atoms with Crippen molar-refractivity contribution < 1.29 is 4.43 Å². The molecule has 1 rings (SSSR count). The van der Waals surface area contributed by atoms with Crippen molar-refractivity contribution in [1.82, 2.24) is 0 Å². The minimum atomic E-state index is -1.67. The molecule has 0 radical (unpaired) electrons. The molecule has 2 nitrogen and oxygen atoms in total. The molecule has 0 amide bonds. The van der Waals surface area contributed by atoms with Gasteiger partial charge in [-0.25, -0.2) is 0 Å². The zero-order valence-electron chi connectivity index (χ0n) is 10.0. The molecule has 1 aromatic carbocycles. The Morgan fingerprint density at radius 2 is 1.94 bits per heavy atom. The van der Waals surface area contributed by atoms with Gasteiger partial charge in [0.25, 0.3) is 0 Å². The fourth-order valence-electron chi connectivity index (χ4n) is 1.26. The molecule has 0 bridgehead atoms. The van der Waals surface area contributed by atoms with Crippen LogP contribution in [-0.4, -0.2) is 8.32 Å². The van der Waals surface area contributed by atoms with Crippen LogP contribution >= 0.6 is 0 Å². The van der Waals surface area contributed by atoms with Crippen LogP contribution in [0.5, 0.6) is 0 Å². The molecular weight excluding hydrogens is 214 g/mol. The normalized spacial score (nSPS) is 12.0. The highest BCUT2D eigenvalue weighted by molar-refractivity contribution is 6.70. The van der Waals surface area contributed by atoms with Crippen molar-refractivity contribution in [1.29, 1.82) is 5.26 Å². The predicted octanol–water partition coefficient (Wildman–Crippen LogP) is 3.49. The number of hydrogen-bond acceptors (Lipinski definition) is 2. The second-order valence-corrected chi connectivity index (χ2v) is 9.01. The fourth-order valence-corrected chi connectivity index (χ4v) is 2.05. The van der Waals surface area contributed by atoms with Gasteiger partial charge in [0, 0.05) is 0 Å². The third-order valence-electron chi connectivity index (χ3n) is 1.89. The molecule has 0 aliphatic carbocycles. The Labute approximate surface area is 98.3 Å². The van der Waals surface area contributed by atoms with E-state index in [1.165, 1.54) is 5.56 Å². The predicted molar refractivity (Wildman–Crippen MR) is 68.3 cm³/mol. The molecule has 0 saturated carbocycles. The molecule has 0 spiro atoms. The monoisotopic (exact) mass is 231 g/mol. The number of benzene rings is 1. The SMILES string of the molecule is C[Si](C)(C)O/C(C#N)=C/Cc1ccccc1. The standard InChI is InChI=1S/C13H17NOSi/c1-16(2,3)15-13(11-14)10-9-12-7-5-4-6-8-12/h4-8,10H,9H2,1-3H3/b13-10+. The molecule has 0 unspecified atom stereocenters. The van der Waals surface area contributed by atoms with Crippen molar-refractivity contribution in [3.63, 3.8) is 0 Å². The van der Waals surface area contributed by atoms with Crippen LogP contribution in [0.3, 0.4) is 0 Å². The van der Waals surface area contributed by atoms with E-state index in [1.54, 1.807) is 0 Å². The Bertz CT molecular complexity index is 398. The topological polar surface area (TPSA) is 33.0 Å². The minimum Gasteiger partial charge on any atom is -0.537 e. The van der Waals surface area contributed by atoms with Crippen molar-refractivity contribution in [3.8, 4) is 6.07 Å². The summed E-state index contributed by atoms with van der Waals surface area (Å²) < 4.78 is 5.65. The maximum atomic E-state index is 8.95. The molecule has 0 aromatic heterocycles. The van der Waals surface area contributed by atoms with Crippen molar-refractivity contribution in [2.24, 2.45) is 0 Å². The Morgan fingerprint density at radius 3 is 2.44 bits per heavy atom. The van der Waals surface area contributed by atoms with Crippen molar-refractivity contribution in [2.75, 3.05) is 0 Å². The maximum Gasteiger partial charge on any atom is 0.243 e. The summed E-state index contributed by atoms with van der Waals surface area (Å²) in [5, 5.41) is 8.95. The summed E-state index contributed by atoms with van der Waals surface area (Å²) in [6.45, 7) is 6.21. The number of nitriles is 1. The highest BCUT2D eigenvalue weighted by atomic mass is 28.4. The summed E-state index contributed by atoms with van der Waals surface area (Å²) in [7, 11) is -1.67. The molecule has 84 valence electrons. The van der Waals surface area contributed by atoms with Crippen LogP contribution in [0.2, 0.25) is 19.6 Å². The molecule has 3 heteroatoms. The van der Waals surface area contributed by atoms with Gasteiger partial charge in [-0.05, 0) is 37.7 Å². The average molecular weight is 231 g/mol. The molecule has 0 N–H and O–H groups in total. The average Bonchev–Trinajstić information content (AvgIpc) is 2.24. The van der Waals surface area contributed by atoms with Gasteiger partial charge in [-0.3, -0.25) is 0 Å². The summed E-state index contributed by atoms with van der Waals surface area (Å²) >= 11 is 0. The first-order valence-electron chi connectivity index (χ1n) is 5.34. The van der Waals surface area contributed by atoms with Crippen LogP contribution in [0.25, 0.3) is 0 Å². The van der Waals surface area contributed by atoms with Gasteiger partial charge >= 0.3 is 0 Å². The van der Waals surface area contributed by atoms with Gasteiger partial charge in [-0.15, -0.1) is 0 Å². The van der Waals surface area contributed by atoms with Crippen LogP contribution in [0, 0.1) is 11.3 Å². The third kappa shape index (κ3) is 4.81. The van der Waals surface area contributed by atoms with E-state index < -0.39 is 8.32 Å². The zero-order valence-corrected chi connectivity index (χ0v) is 11.0. The summed E-state index contributed by atoms with van der Waals surface area (Å²) in [4.78, 5) is 0. The molecule has 0 aliphatic heterocycles. The van der Waals surface area contributed by atoms with E-state index in [4.69, 9.17) is 9.69 Å². The van der Waals surface area contributed by atoms with Gasteiger partial charge in [0.1, 0.15) is 6.07 Å². The van der Waals surface area contributed by atoms with Crippen LogP contribution < -0.4 is 0 Å². The molecule has 0 saturated heterocycles. The number of rotatable bonds is 4. The molecule has 0 heterocycles. The second kappa shape index (κ2) is 5.52. The van der Waals surface area contributed by atoms with Gasteiger partial charge in [-0.2, -0.15) is 5.26 Å². The molecular formula is C13H17NOSi. The van der Waals surface area contributed by atoms with E-state index in [9.17, 15) is 0 Å². The lowest BCUT2D eigenvalue weighted by Crippen LogP contribution is -2.24. The Morgan fingerprint density at radius 1 is 1.31 bits per heavy atom. The molecule has 0 atom stereocenters. The largest absolute Gasteiger partial charge is 0.537 e. The summed E-state index contributed by atoms with van der Waals surface area (Å²) in [6.07, 6.45) is 2.60. The van der Waals surface area contributed by atoms with E-state index in [-0.39, 0.29) is 0 Å². The maximum absolute atomic E-state index is 8.95. The Hall–Kier alpha value is -1.53. The first kappa shape index (κ1) is 12.5. The quantitative estimate of drug-likeness (QED) is 0.451. The summed E-state index contributed by atoms with van der Waals surface area (Å²) in [6, 6.07) is 12.2. The summed E-state index contributed by atoms with van der Waals surface area (Å²) in [5.41, 5.74) is 1.19. The van der Waals surface area contributed by atoms with E-state index >= 15 is 0 Å². The molecule has 0 aliphatic rings. The first-order chi connectivity index (χ1) is 7.51. The number of nitrogens with zero attached hydrogens (tertiary/aromatic N) is 1. The fraction of sp³-hybridized carbons (Fsp3) is 0.308. The van der Waals surface area contributed by atoms with Crippen LogP contribution in [0.15, 0.2) is 42.2 Å². The van der Waals surface area contributed by atoms with Gasteiger partial charge in [0.15, 0.2) is 5.76 Å². The molecule has 16 heavy (non-hydrogen) atoms. The van der Waals surface area contributed by atoms with Crippen molar-refractivity contribution in [2.45, 2.75) is 26.1 Å². The van der Waals surface area contributed by atoms with Gasteiger partial charge in [0.05, 0.1) is 0 Å². The van der Waals surface area contributed by atoms with Crippen molar-refractivity contribution >= 4 is 8.32 Å². The zero-order chi connectivity index (χ0) is 12.0.